The minimum absolute atomic E-state index is 0.0643. The lowest BCUT2D eigenvalue weighted by Crippen LogP contribution is -2.49. The molecule has 1 unspecified atom stereocenters. The molecule has 1 aliphatic heterocycles. The highest BCUT2D eigenvalue weighted by molar-refractivity contribution is 5.92. The van der Waals surface area contributed by atoms with Gasteiger partial charge in [-0.2, -0.15) is 0 Å². The lowest BCUT2D eigenvalue weighted by atomic mass is 9.89. The first-order chi connectivity index (χ1) is 16.4. The summed E-state index contributed by atoms with van der Waals surface area (Å²) in [4.78, 5) is 27.5. The molecule has 4 rings (SSSR count). The predicted octanol–water partition coefficient (Wildman–Crippen LogP) is 3.65. The van der Waals surface area contributed by atoms with E-state index in [4.69, 9.17) is 9.26 Å². The molecule has 2 aromatic rings. The summed E-state index contributed by atoms with van der Waals surface area (Å²) in [6.45, 7) is 5.73. The quantitative estimate of drug-likeness (QED) is 0.550. The maximum Gasteiger partial charge on any atom is 0.273 e. The number of aromatic nitrogens is 1. The second-order valence-corrected chi connectivity index (χ2v) is 9.74. The third-order valence-electron chi connectivity index (χ3n) is 6.69. The number of carbonyl (C=O) groups excluding carboxylic acids is 2. The number of nitrogens with one attached hydrogen (secondary N) is 1. The summed E-state index contributed by atoms with van der Waals surface area (Å²) in [5.41, 5.74) is 1.35. The van der Waals surface area contributed by atoms with Crippen LogP contribution < -0.4 is 5.32 Å². The van der Waals surface area contributed by atoms with E-state index in [9.17, 15) is 14.7 Å². The Morgan fingerprint density at radius 3 is 2.53 bits per heavy atom. The number of aryl methyl sites for hydroxylation is 1. The number of piperidine rings is 1. The van der Waals surface area contributed by atoms with Gasteiger partial charge >= 0.3 is 0 Å². The van der Waals surface area contributed by atoms with Crippen molar-refractivity contribution in [1.29, 1.82) is 0 Å². The van der Waals surface area contributed by atoms with Crippen molar-refractivity contribution in [2.24, 2.45) is 5.92 Å². The monoisotopic (exact) mass is 469 g/mol. The van der Waals surface area contributed by atoms with Crippen LogP contribution in [0.15, 0.2) is 34.9 Å². The zero-order valence-electron chi connectivity index (χ0n) is 20.0. The molecule has 34 heavy (non-hydrogen) atoms. The summed E-state index contributed by atoms with van der Waals surface area (Å²) >= 11 is 0. The third kappa shape index (κ3) is 6.59. The van der Waals surface area contributed by atoms with Crippen LogP contribution in [0.1, 0.15) is 73.7 Å². The van der Waals surface area contributed by atoms with Crippen LogP contribution in [0, 0.1) is 5.92 Å². The average Bonchev–Trinajstić information content (AvgIpc) is 3.57. The number of carbonyl (C=O) groups is 2. The number of amides is 2. The lowest BCUT2D eigenvalue weighted by molar-refractivity contribution is -0.132. The van der Waals surface area contributed by atoms with Crippen LogP contribution in [0.25, 0.3) is 0 Å². The van der Waals surface area contributed by atoms with Gasteiger partial charge < -0.3 is 24.6 Å². The molecule has 8 nitrogen and oxygen atoms in total. The van der Waals surface area contributed by atoms with Crippen LogP contribution in [0.3, 0.4) is 0 Å². The molecule has 2 amide bonds. The number of aromatic hydroxyl groups is 1. The van der Waals surface area contributed by atoms with Gasteiger partial charge in [0, 0.05) is 31.5 Å². The first kappa shape index (κ1) is 24.3. The Labute approximate surface area is 200 Å². The minimum Gasteiger partial charge on any atom is -0.508 e. The minimum atomic E-state index is -0.236. The van der Waals surface area contributed by atoms with Crippen molar-refractivity contribution in [2.75, 3.05) is 19.7 Å². The molecule has 2 heterocycles. The molecule has 8 heteroatoms. The Morgan fingerprint density at radius 2 is 1.88 bits per heavy atom. The van der Waals surface area contributed by atoms with Crippen LogP contribution >= 0.6 is 0 Å². The normalized spacial score (nSPS) is 17.7. The van der Waals surface area contributed by atoms with Crippen LogP contribution in [-0.2, 0) is 16.0 Å². The molecule has 2 aliphatic rings. The van der Waals surface area contributed by atoms with Crippen molar-refractivity contribution >= 4 is 11.8 Å². The zero-order valence-corrected chi connectivity index (χ0v) is 20.0. The molecule has 184 valence electrons. The molecular weight excluding hydrogens is 434 g/mol. The van der Waals surface area contributed by atoms with E-state index in [-0.39, 0.29) is 35.6 Å². The Bertz CT molecular complexity index is 959. The Kier molecular flexibility index (Phi) is 7.88. The molecule has 1 aromatic carbocycles. The number of phenolic OH excluding ortho intramolecular Hbond substituents is 1. The molecule has 0 radical (unpaired) electrons. The van der Waals surface area contributed by atoms with Crippen LogP contribution in [-0.4, -0.2) is 58.8 Å². The Morgan fingerprint density at radius 1 is 1.18 bits per heavy atom. The van der Waals surface area contributed by atoms with Gasteiger partial charge in [-0.15, -0.1) is 0 Å². The number of ether oxygens (including phenoxy) is 1. The standard InChI is InChI=1S/C26H35N3O5/c1-17(2)33-16-23(27-26(32)22-15-24(34-28-22)20-6-7-20)19-11-13-29(14-12-19)25(31)10-5-18-3-8-21(30)9-4-18/h3-4,8-9,15,17,19-20,23,30H,5-7,10-14,16H2,1-2H3,(H,27,32). The number of likely N-dealkylation sites (tertiary alicyclic amines) is 1. The molecule has 1 aliphatic carbocycles. The Balaban J connectivity index is 1.29. The number of hydrogen-bond donors (Lipinski definition) is 2. The van der Waals surface area contributed by atoms with E-state index in [1.165, 1.54) is 0 Å². The number of phenols is 1. The summed E-state index contributed by atoms with van der Waals surface area (Å²) in [6, 6.07) is 8.59. The summed E-state index contributed by atoms with van der Waals surface area (Å²) in [6.07, 6.45) is 4.96. The predicted molar refractivity (Wildman–Crippen MR) is 127 cm³/mol. The highest BCUT2D eigenvalue weighted by Gasteiger charge is 2.32. The molecule has 2 N–H and O–H groups in total. The topological polar surface area (TPSA) is 105 Å². The fourth-order valence-electron chi connectivity index (χ4n) is 4.41. The van der Waals surface area contributed by atoms with Crippen molar-refractivity contribution in [3.05, 3.63) is 47.3 Å². The maximum atomic E-state index is 12.8. The van der Waals surface area contributed by atoms with E-state index in [2.05, 4.69) is 10.5 Å². The largest absolute Gasteiger partial charge is 0.508 e. The summed E-state index contributed by atoms with van der Waals surface area (Å²) in [5, 5.41) is 16.5. The second kappa shape index (κ2) is 11.0. The van der Waals surface area contributed by atoms with E-state index in [0.717, 1.165) is 37.0 Å². The number of benzene rings is 1. The first-order valence-electron chi connectivity index (χ1n) is 12.3. The SMILES string of the molecule is CC(C)OCC(NC(=O)c1cc(C2CC2)on1)C1CCN(C(=O)CCc2ccc(O)cc2)CC1. The van der Waals surface area contributed by atoms with Gasteiger partial charge in [0.1, 0.15) is 11.5 Å². The van der Waals surface area contributed by atoms with Crippen molar-refractivity contribution in [3.63, 3.8) is 0 Å². The van der Waals surface area contributed by atoms with Crippen LogP contribution in [0.5, 0.6) is 5.75 Å². The highest BCUT2D eigenvalue weighted by atomic mass is 16.5. The number of nitrogens with zero attached hydrogens (tertiary/aromatic N) is 2. The average molecular weight is 470 g/mol. The van der Waals surface area contributed by atoms with Gasteiger partial charge in [0.15, 0.2) is 5.69 Å². The van der Waals surface area contributed by atoms with Gasteiger partial charge in [-0.1, -0.05) is 17.3 Å². The van der Waals surface area contributed by atoms with E-state index in [1.807, 2.05) is 30.9 Å². The summed E-state index contributed by atoms with van der Waals surface area (Å²) in [5.74, 6) is 1.55. The van der Waals surface area contributed by atoms with E-state index in [0.29, 0.717) is 44.1 Å². The molecule has 1 atom stereocenters. The fraction of sp³-hybridized carbons (Fsp3) is 0.577. The Hall–Kier alpha value is -2.87. The van der Waals surface area contributed by atoms with Crippen molar-refractivity contribution in [2.45, 2.75) is 70.4 Å². The van der Waals surface area contributed by atoms with Gasteiger partial charge in [0.05, 0.1) is 18.8 Å². The van der Waals surface area contributed by atoms with Gasteiger partial charge in [0.25, 0.3) is 5.91 Å². The lowest BCUT2D eigenvalue weighted by Gasteiger charge is -2.36. The third-order valence-corrected chi connectivity index (χ3v) is 6.69. The summed E-state index contributed by atoms with van der Waals surface area (Å²) < 4.78 is 11.2. The van der Waals surface area contributed by atoms with Gasteiger partial charge in [-0.05, 0) is 69.6 Å². The summed E-state index contributed by atoms with van der Waals surface area (Å²) in [7, 11) is 0. The second-order valence-electron chi connectivity index (χ2n) is 9.74. The van der Waals surface area contributed by atoms with Crippen molar-refractivity contribution < 1.29 is 24.0 Å². The molecule has 0 bridgehead atoms. The first-order valence-corrected chi connectivity index (χ1v) is 12.3. The van der Waals surface area contributed by atoms with E-state index in [1.54, 1.807) is 18.2 Å². The van der Waals surface area contributed by atoms with Gasteiger partial charge in [-0.3, -0.25) is 9.59 Å². The number of hydrogen-bond acceptors (Lipinski definition) is 6. The van der Waals surface area contributed by atoms with Crippen molar-refractivity contribution in [1.82, 2.24) is 15.4 Å². The van der Waals surface area contributed by atoms with Crippen molar-refractivity contribution in [3.8, 4) is 5.75 Å². The van der Waals surface area contributed by atoms with Crippen LogP contribution in [0.4, 0.5) is 0 Å². The number of rotatable bonds is 10. The molecule has 0 spiro atoms. The molecule has 1 saturated heterocycles. The zero-order chi connectivity index (χ0) is 24.1. The van der Waals surface area contributed by atoms with E-state index >= 15 is 0 Å². The molecular formula is C26H35N3O5. The molecule has 1 aromatic heterocycles. The fourth-order valence-corrected chi connectivity index (χ4v) is 4.41. The van der Waals surface area contributed by atoms with Gasteiger partial charge in [0.2, 0.25) is 5.91 Å². The molecule has 2 fully saturated rings. The van der Waals surface area contributed by atoms with E-state index < -0.39 is 0 Å². The van der Waals surface area contributed by atoms with Gasteiger partial charge in [-0.25, -0.2) is 0 Å². The van der Waals surface area contributed by atoms with Crippen LogP contribution in [0.2, 0.25) is 0 Å². The smallest absolute Gasteiger partial charge is 0.273 e. The maximum absolute atomic E-state index is 12.8. The molecule has 1 saturated carbocycles. The highest BCUT2D eigenvalue weighted by Crippen LogP contribution is 2.40.